The first-order chi connectivity index (χ1) is 19.7. The first-order valence-electron chi connectivity index (χ1n) is 12.8. The highest BCUT2D eigenvalue weighted by Gasteiger charge is 2.33. The molecule has 1 atom stereocenters. The molecule has 1 aliphatic rings. The second-order valence-electron chi connectivity index (χ2n) is 9.45. The quantitative estimate of drug-likeness (QED) is 0.167. The number of nitrogens with zero attached hydrogens (tertiary/aromatic N) is 2. The number of fused-ring (bicyclic) bond motifs is 1. The van der Waals surface area contributed by atoms with Crippen molar-refractivity contribution in [2.45, 2.75) is 33.4 Å². The zero-order chi connectivity index (χ0) is 29.3. The van der Waals surface area contributed by atoms with Crippen molar-refractivity contribution in [1.82, 2.24) is 4.57 Å². The Morgan fingerprint density at radius 2 is 1.93 bits per heavy atom. The molecule has 41 heavy (non-hydrogen) atoms. The molecule has 10 heteroatoms. The SMILES string of the molecule is CCOC(=O)C1=C(C)N=c2s/c(=C/c3cc(Br)c(OCc4cccc(F)c4)c(I)c3)c(=O)n2[C@H]1c1ccc(C)cc1. The van der Waals surface area contributed by atoms with Crippen LogP contribution in [0.25, 0.3) is 6.08 Å². The minimum Gasteiger partial charge on any atom is -0.487 e. The Balaban J connectivity index is 1.55. The molecule has 0 fully saturated rings. The molecule has 0 aliphatic carbocycles. The molecule has 210 valence electrons. The second kappa shape index (κ2) is 12.4. The zero-order valence-electron chi connectivity index (χ0n) is 22.4. The monoisotopic (exact) mass is 746 g/mol. The maximum absolute atomic E-state index is 13.9. The molecule has 4 aromatic rings. The van der Waals surface area contributed by atoms with E-state index in [9.17, 15) is 14.0 Å². The van der Waals surface area contributed by atoms with E-state index in [-0.39, 0.29) is 24.6 Å². The molecule has 0 unspecified atom stereocenters. The third-order valence-corrected chi connectivity index (χ3v) is 8.87. The summed E-state index contributed by atoms with van der Waals surface area (Å²) >= 11 is 7.04. The summed E-state index contributed by atoms with van der Waals surface area (Å²) in [6, 6.07) is 17.2. The molecule has 1 aromatic heterocycles. The predicted molar refractivity (Wildman–Crippen MR) is 169 cm³/mol. The van der Waals surface area contributed by atoms with Crippen LogP contribution in [-0.2, 0) is 16.1 Å². The zero-order valence-corrected chi connectivity index (χ0v) is 27.0. The van der Waals surface area contributed by atoms with Crippen molar-refractivity contribution in [1.29, 1.82) is 0 Å². The van der Waals surface area contributed by atoms with Crippen LogP contribution in [0, 0.1) is 16.3 Å². The third kappa shape index (κ3) is 6.24. The van der Waals surface area contributed by atoms with Crippen LogP contribution in [-0.4, -0.2) is 17.1 Å². The minimum atomic E-state index is -0.654. The van der Waals surface area contributed by atoms with E-state index in [2.05, 4.69) is 43.5 Å². The molecule has 0 spiro atoms. The largest absolute Gasteiger partial charge is 0.487 e. The van der Waals surface area contributed by atoms with Gasteiger partial charge in [-0.2, -0.15) is 0 Å². The average Bonchev–Trinajstić information content (AvgIpc) is 3.22. The van der Waals surface area contributed by atoms with Crippen molar-refractivity contribution >= 4 is 61.9 Å². The van der Waals surface area contributed by atoms with Crippen LogP contribution in [0.2, 0.25) is 0 Å². The van der Waals surface area contributed by atoms with Crippen molar-refractivity contribution in [3.05, 3.63) is 128 Å². The number of carbonyl (C=O) groups is 1. The van der Waals surface area contributed by atoms with Crippen LogP contribution in [0.5, 0.6) is 5.75 Å². The molecular weight excluding hydrogens is 722 g/mol. The van der Waals surface area contributed by atoms with Crippen molar-refractivity contribution in [3.63, 3.8) is 0 Å². The van der Waals surface area contributed by atoms with Gasteiger partial charge in [0, 0.05) is 0 Å². The molecule has 5 rings (SSSR count). The Hall–Kier alpha value is -3.09. The molecule has 2 heterocycles. The van der Waals surface area contributed by atoms with Crippen LogP contribution < -0.4 is 19.6 Å². The molecule has 0 saturated carbocycles. The van der Waals surface area contributed by atoms with Crippen LogP contribution in [0.3, 0.4) is 0 Å². The molecule has 1 aliphatic heterocycles. The summed E-state index contributed by atoms with van der Waals surface area (Å²) < 4.78 is 28.5. The van der Waals surface area contributed by atoms with E-state index in [1.54, 1.807) is 30.5 Å². The minimum absolute atomic E-state index is 0.214. The lowest BCUT2D eigenvalue weighted by Crippen LogP contribution is -2.39. The second-order valence-corrected chi connectivity index (χ2v) is 12.5. The number of aromatic nitrogens is 1. The van der Waals surface area contributed by atoms with E-state index >= 15 is 0 Å². The Kier molecular flexibility index (Phi) is 8.91. The summed E-state index contributed by atoms with van der Waals surface area (Å²) in [4.78, 5) is 32.1. The van der Waals surface area contributed by atoms with Gasteiger partial charge in [-0.15, -0.1) is 0 Å². The summed E-state index contributed by atoms with van der Waals surface area (Å²) in [6.45, 7) is 5.94. The van der Waals surface area contributed by atoms with Crippen LogP contribution in [0.15, 0.2) is 86.2 Å². The van der Waals surface area contributed by atoms with Crippen LogP contribution >= 0.6 is 49.9 Å². The Morgan fingerprint density at radius 3 is 2.61 bits per heavy atom. The summed E-state index contributed by atoms with van der Waals surface area (Å²) in [5.74, 6) is -0.172. The van der Waals surface area contributed by atoms with Gasteiger partial charge in [-0.3, -0.25) is 9.36 Å². The predicted octanol–water partition coefficient (Wildman–Crippen LogP) is 6.19. The summed E-state index contributed by atoms with van der Waals surface area (Å²) in [7, 11) is 0. The first kappa shape index (κ1) is 29.4. The topological polar surface area (TPSA) is 69.9 Å². The van der Waals surface area contributed by atoms with Crippen molar-refractivity contribution in [3.8, 4) is 5.75 Å². The number of allylic oxidation sites excluding steroid dienone is 1. The number of aryl methyl sites for hydroxylation is 1. The van der Waals surface area contributed by atoms with E-state index in [4.69, 9.17) is 9.47 Å². The standard InChI is InChI=1S/C31H25BrFIN2O4S/c1-4-39-30(38)26-18(3)35-31-36(27(26)21-10-8-17(2)9-11-21)29(37)25(41-31)15-20-13-23(32)28(24(34)14-20)40-16-19-6-5-7-22(33)12-19/h5-15,27H,4,16H2,1-3H3/b25-15+/t27-/m0/s1. The fraction of sp³-hybridized carbons (Fsp3) is 0.194. The van der Waals surface area contributed by atoms with Gasteiger partial charge in [0.25, 0.3) is 5.56 Å². The lowest BCUT2D eigenvalue weighted by molar-refractivity contribution is -0.139. The van der Waals surface area contributed by atoms with E-state index in [1.807, 2.05) is 49.4 Å². The molecule has 3 aromatic carbocycles. The Labute approximate surface area is 262 Å². The maximum atomic E-state index is 13.9. The third-order valence-electron chi connectivity index (χ3n) is 6.50. The van der Waals surface area contributed by atoms with Crippen molar-refractivity contribution in [2.24, 2.45) is 4.99 Å². The molecular formula is C31H25BrFIN2O4S. The maximum Gasteiger partial charge on any atom is 0.338 e. The number of ether oxygens (including phenoxy) is 2. The number of esters is 1. The highest BCUT2D eigenvalue weighted by Crippen LogP contribution is 2.33. The highest BCUT2D eigenvalue weighted by atomic mass is 127. The number of thiazole rings is 1. The fourth-order valence-electron chi connectivity index (χ4n) is 4.59. The normalized spacial score (nSPS) is 15.0. The molecule has 6 nitrogen and oxygen atoms in total. The number of rotatable bonds is 7. The van der Waals surface area contributed by atoms with Crippen LogP contribution in [0.1, 0.15) is 42.1 Å². The smallest absolute Gasteiger partial charge is 0.338 e. The average molecular weight is 747 g/mol. The number of halogens is 3. The summed E-state index contributed by atoms with van der Waals surface area (Å²) in [5.41, 5.74) is 4.02. The molecule has 0 bridgehead atoms. The van der Waals surface area contributed by atoms with Gasteiger partial charge >= 0.3 is 5.97 Å². The fourth-order valence-corrected chi connectivity index (χ4v) is 7.41. The number of carbonyl (C=O) groups excluding carboxylic acids is 1. The van der Waals surface area contributed by atoms with E-state index in [0.29, 0.717) is 30.8 Å². The highest BCUT2D eigenvalue weighted by molar-refractivity contribution is 14.1. The van der Waals surface area contributed by atoms with Gasteiger partial charge in [-0.25, -0.2) is 14.2 Å². The van der Waals surface area contributed by atoms with E-state index in [1.165, 1.54) is 23.5 Å². The van der Waals surface area contributed by atoms with Gasteiger partial charge in [0.05, 0.1) is 36.5 Å². The van der Waals surface area contributed by atoms with Gasteiger partial charge in [0.2, 0.25) is 0 Å². The number of hydrogen-bond donors (Lipinski definition) is 0. The van der Waals surface area contributed by atoms with Gasteiger partial charge in [-0.1, -0.05) is 53.3 Å². The van der Waals surface area contributed by atoms with Gasteiger partial charge in [0.1, 0.15) is 18.2 Å². The number of benzene rings is 3. The van der Waals surface area contributed by atoms with Crippen molar-refractivity contribution in [2.75, 3.05) is 6.61 Å². The lowest BCUT2D eigenvalue weighted by Gasteiger charge is -2.24. The molecule has 0 N–H and O–H groups in total. The van der Waals surface area contributed by atoms with Gasteiger partial charge in [-0.05, 0) is 106 Å². The first-order valence-corrected chi connectivity index (χ1v) is 15.5. The van der Waals surface area contributed by atoms with Gasteiger partial charge in [0.15, 0.2) is 4.80 Å². The van der Waals surface area contributed by atoms with E-state index < -0.39 is 12.0 Å². The Bertz CT molecular complexity index is 1840. The summed E-state index contributed by atoms with van der Waals surface area (Å²) in [6.07, 6.45) is 1.81. The van der Waals surface area contributed by atoms with Crippen LogP contribution in [0.4, 0.5) is 4.39 Å². The molecule has 0 amide bonds. The van der Waals surface area contributed by atoms with E-state index in [0.717, 1.165) is 25.8 Å². The van der Waals surface area contributed by atoms with Gasteiger partial charge < -0.3 is 9.47 Å². The molecule has 0 saturated heterocycles. The summed E-state index contributed by atoms with van der Waals surface area (Å²) in [5, 5.41) is 0. The molecule has 0 radical (unpaired) electrons. The Morgan fingerprint density at radius 1 is 1.17 bits per heavy atom. The van der Waals surface area contributed by atoms with Crippen molar-refractivity contribution < 1.29 is 18.7 Å². The number of hydrogen-bond acceptors (Lipinski definition) is 6. The lowest BCUT2D eigenvalue weighted by atomic mass is 9.95.